The highest BCUT2D eigenvalue weighted by atomic mass is 16.6. The van der Waals surface area contributed by atoms with Crippen LogP contribution in [0.5, 0.6) is 11.5 Å². The number of hydrogen-bond donors (Lipinski definition) is 2. The molecular formula is C20H26N3O5+. The maximum absolute atomic E-state index is 12.6. The Balaban J connectivity index is 2.04. The van der Waals surface area contributed by atoms with Crippen molar-refractivity contribution < 1.29 is 24.1 Å². The Morgan fingerprint density at radius 1 is 1.21 bits per heavy atom. The fraction of sp³-hybridized carbons (Fsp3) is 0.350. The summed E-state index contributed by atoms with van der Waals surface area (Å²) in [7, 11) is 3.34. The van der Waals surface area contributed by atoms with Gasteiger partial charge in [-0.25, -0.2) is 0 Å². The molecule has 1 unspecified atom stereocenters. The number of methoxy groups -OCH3 is 1. The Kier molecular flexibility index (Phi) is 7.34. The Morgan fingerprint density at radius 3 is 2.43 bits per heavy atom. The molecule has 2 N–H and O–H groups in total. The van der Waals surface area contributed by atoms with Crippen LogP contribution < -0.4 is 19.7 Å². The van der Waals surface area contributed by atoms with Gasteiger partial charge in [-0.1, -0.05) is 0 Å². The summed E-state index contributed by atoms with van der Waals surface area (Å²) in [6, 6.07) is 11.7. The van der Waals surface area contributed by atoms with Gasteiger partial charge in [0.15, 0.2) is 6.04 Å². The molecule has 0 aliphatic carbocycles. The molecule has 0 bridgehead atoms. The number of rotatable bonds is 9. The molecule has 150 valence electrons. The quantitative estimate of drug-likeness (QED) is 0.506. The highest BCUT2D eigenvalue weighted by Gasteiger charge is 2.25. The molecule has 0 aliphatic rings. The first-order valence-corrected chi connectivity index (χ1v) is 9.03. The number of ether oxygens (including phenoxy) is 2. The Morgan fingerprint density at radius 2 is 1.86 bits per heavy atom. The van der Waals surface area contributed by atoms with E-state index < -0.39 is 11.0 Å². The SMILES string of the molecule is CCOc1ccc(C[NH+](C)[C@H](C)C(=O)Nc2ccc(OC)cc2[N+](=O)[O-])cc1. The standard InChI is InChI=1S/C20H25N3O5/c1-5-28-16-8-6-15(7-9-16)13-22(3)14(2)20(24)21-18-11-10-17(27-4)12-19(18)23(25)26/h6-12,14H,5,13H2,1-4H3,(H,21,24)/p+1/t14-/m1/s1. The van der Waals surface area contributed by atoms with Crippen molar-refractivity contribution >= 4 is 17.3 Å². The van der Waals surface area contributed by atoms with E-state index in [1.807, 2.05) is 38.2 Å². The first-order valence-electron chi connectivity index (χ1n) is 9.03. The van der Waals surface area contributed by atoms with Gasteiger partial charge in [0.2, 0.25) is 0 Å². The molecule has 2 atom stereocenters. The summed E-state index contributed by atoms with van der Waals surface area (Å²) in [5.41, 5.74) is 1.01. The molecule has 0 saturated carbocycles. The first-order chi connectivity index (χ1) is 13.3. The molecule has 8 nitrogen and oxygen atoms in total. The van der Waals surface area contributed by atoms with Crippen LogP contribution in [0.3, 0.4) is 0 Å². The molecular weight excluding hydrogens is 362 g/mol. The number of likely N-dealkylation sites (N-methyl/N-ethyl adjacent to an activating group) is 1. The molecule has 8 heteroatoms. The van der Waals surface area contributed by atoms with Crippen molar-refractivity contribution in [1.82, 2.24) is 0 Å². The highest BCUT2D eigenvalue weighted by molar-refractivity contribution is 5.95. The second-order valence-electron chi connectivity index (χ2n) is 6.45. The van der Waals surface area contributed by atoms with Crippen LogP contribution in [-0.2, 0) is 11.3 Å². The van der Waals surface area contributed by atoms with Gasteiger partial charge in [-0.3, -0.25) is 14.9 Å². The number of carbonyl (C=O) groups excluding carboxylic acids is 1. The lowest BCUT2D eigenvalue weighted by molar-refractivity contribution is -0.907. The topological polar surface area (TPSA) is 95.1 Å². The van der Waals surface area contributed by atoms with Gasteiger partial charge in [0.1, 0.15) is 23.7 Å². The lowest BCUT2D eigenvalue weighted by Crippen LogP contribution is -3.12. The number of carbonyl (C=O) groups is 1. The lowest BCUT2D eigenvalue weighted by atomic mass is 10.1. The number of amides is 1. The Hall–Kier alpha value is -3.13. The summed E-state index contributed by atoms with van der Waals surface area (Å²) in [6.45, 7) is 4.96. The van der Waals surface area contributed by atoms with Crippen LogP contribution in [0.25, 0.3) is 0 Å². The van der Waals surface area contributed by atoms with E-state index in [0.29, 0.717) is 18.9 Å². The second-order valence-corrected chi connectivity index (χ2v) is 6.45. The monoisotopic (exact) mass is 388 g/mol. The predicted octanol–water partition coefficient (Wildman–Crippen LogP) is 2.04. The van der Waals surface area contributed by atoms with E-state index in [9.17, 15) is 14.9 Å². The van der Waals surface area contributed by atoms with Gasteiger partial charge in [0, 0.05) is 5.56 Å². The number of nitrogens with one attached hydrogen (secondary N) is 2. The molecule has 0 aliphatic heterocycles. The highest BCUT2D eigenvalue weighted by Crippen LogP contribution is 2.28. The molecule has 0 heterocycles. The zero-order valence-corrected chi connectivity index (χ0v) is 16.5. The smallest absolute Gasteiger partial charge is 0.296 e. The molecule has 2 rings (SSSR count). The van der Waals surface area contributed by atoms with E-state index >= 15 is 0 Å². The Labute approximate surface area is 164 Å². The van der Waals surface area contributed by atoms with Crippen LogP contribution in [0.4, 0.5) is 11.4 Å². The minimum absolute atomic E-state index is 0.150. The summed E-state index contributed by atoms with van der Waals surface area (Å²) in [5.74, 6) is 0.870. The van der Waals surface area contributed by atoms with E-state index in [2.05, 4.69) is 5.32 Å². The summed E-state index contributed by atoms with van der Waals surface area (Å²) in [4.78, 5) is 24.3. The van der Waals surface area contributed by atoms with Crippen molar-refractivity contribution in [3.63, 3.8) is 0 Å². The molecule has 2 aromatic carbocycles. The van der Waals surface area contributed by atoms with Gasteiger partial charge < -0.3 is 19.7 Å². The minimum atomic E-state index is -0.542. The predicted molar refractivity (Wildman–Crippen MR) is 106 cm³/mol. The lowest BCUT2D eigenvalue weighted by Gasteiger charge is -2.21. The van der Waals surface area contributed by atoms with Gasteiger partial charge in [-0.2, -0.15) is 0 Å². The number of anilines is 1. The van der Waals surface area contributed by atoms with E-state index in [1.54, 1.807) is 13.0 Å². The minimum Gasteiger partial charge on any atom is -0.496 e. The van der Waals surface area contributed by atoms with Crippen LogP contribution in [-0.4, -0.2) is 37.6 Å². The molecule has 0 fully saturated rings. The second kappa shape index (κ2) is 9.70. The van der Waals surface area contributed by atoms with Crippen LogP contribution in [0.1, 0.15) is 19.4 Å². The fourth-order valence-electron chi connectivity index (χ4n) is 2.71. The number of benzene rings is 2. The molecule has 2 aromatic rings. The van der Waals surface area contributed by atoms with Gasteiger partial charge in [-0.05, 0) is 50.2 Å². The molecule has 0 aromatic heterocycles. The van der Waals surface area contributed by atoms with Crippen molar-refractivity contribution in [3.05, 3.63) is 58.1 Å². The maximum atomic E-state index is 12.6. The molecule has 28 heavy (non-hydrogen) atoms. The summed E-state index contributed by atoms with van der Waals surface area (Å²) < 4.78 is 10.4. The third-order valence-electron chi connectivity index (χ3n) is 4.51. The third kappa shape index (κ3) is 5.43. The van der Waals surface area contributed by atoms with Crippen molar-refractivity contribution in [3.8, 4) is 11.5 Å². The van der Waals surface area contributed by atoms with Gasteiger partial charge in [0.25, 0.3) is 11.6 Å². The summed E-state index contributed by atoms with van der Waals surface area (Å²) >= 11 is 0. The van der Waals surface area contributed by atoms with Crippen molar-refractivity contribution in [1.29, 1.82) is 0 Å². The fourth-order valence-corrected chi connectivity index (χ4v) is 2.71. The van der Waals surface area contributed by atoms with Gasteiger partial charge >= 0.3 is 0 Å². The average Bonchev–Trinajstić information content (AvgIpc) is 2.69. The van der Waals surface area contributed by atoms with Gasteiger partial charge in [-0.15, -0.1) is 0 Å². The van der Waals surface area contributed by atoms with E-state index in [1.165, 1.54) is 19.2 Å². The van der Waals surface area contributed by atoms with Crippen molar-refractivity contribution in [2.24, 2.45) is 0 Å². The number of quaternary nitrogens is 1. The summed E-state index contributed by atoms with van der Waals surface area (Å²) in [5, 5.41) is 13.9. The number of nitro groups is 1. The first kappa shape index (κ1) is 21.2. The van der Waals surface area contributed by atoms with Gasteiger partial charge in [0.05, 0.1) is 31.8 Å². The molecule has 0 spiro atoms. The van der Waals surface area contributed by atoms with Crippen LogP contribution >= 0.6 is 0 Å². The van der Waals surface area contributed by atoms with E-state index in [-0.39, 0.29) is 17.3 Å². The van der Waals surface area contributed by atoms with Crippen LogP contribution in [0, 0.1) is 10.1 Å². The van der Waals surface area contributed by atoms with E-state index in [0.717, 1.165) is 16.2 Å². The average molecular weight is 388 g/mol. The molecule has 0 saturated heterocycles. The third-order valence-corrected chi connectivity index (χ3v) is 4.51. The van der Waals surface area contributed by atoms with Crippen molar-refractivity contribution in [2.45, 2.75) is 26.4 Å². The van der Waals surface area contributed by atoms with Crippen LogP contribution in [0.15, 0.2) is 42.5 Å². The van der Waals surface area contributed by atoms with Crippen LogP contribution in [0.2, 0.25) is 0 Å². The van der Waals surface area contributed by atoms with Crippen molar-refractivity contribution in [2.75, 3.05) is 26.1 Å². The number of nitro benzene ring substituents is 1. The number of hydrogen-bond acceptors (Lipinski definition) is 5. The maximum Gasteiger partial charge on any atom is 0.296 e. The zero-order chi connectivity index (χ0) is 20.7. The molecule has 0 radical (unpaired) electrons. The largest absolute Gasteiger partial charge is 0.496 e. The molecule has 1 amide bonds. The normalized spacial score (nSPS) is 12.7. The zero-order valence-electron chi connectivity index (χ0n) is 16.5. The Bertz CT molecular complexity index is 823. The summed E-state index contributed by atoms with van der Waals surface area (Å²) in [6.07, 6.45) is 0. The van der Waals surface area contributed by atoms with E-state index in [4.69, 9.17) is 9.47 Å². The number of nitrogens with zero attached hydrogens (tertiary/aromatic N) is 1.